The Labute approximate surface area is 66.3 Å². The van der Waals surface area contributed by atoms with E-state index in [1.54, 1.807) is 0 Å². The minimum Gasteiger partial charge on any atom is -0.393 e. The first-order chi connectivity index (χ1) is 5.07. The lowest BCUT2D eigenvalue weighted by Crippen LogP contribution is -2.23. The Bertz CT molecular complexity index is 151. The Hall–Kier alpha value is -0.120. The van der Waals surface area contributed by atoms with Crippen LogP contribution in [0.25, 0.3) is 0 Å². The highest BCUT2D eigenvalue weighted by Crippen LogP contribution is 2.37. The molecule has 1 heterocycles. The van der Waals surface area contributed by atoms with Gasteiger partial charge in [-0.05, 0) is 13.8 Å². The van der Waals surface area contributed by atoms with Crippen molar-refractivity contribution in [2.75, 3.05) is 0 Å². The van der Waals surface area contributed by atoms with Crippen LogP contribution in [0.2, 0.25) is 0 Å². The standard InChI is InChI=1S/C8H14O3/c1-8(2)10-6-3-5(9)4-7(6)11-8/h5-7,9H,3-4H2,1-2H3/t5?,6-,7+. The zero-order chi connectivity index (χ0) is 8.06. The van der Waals surface area contributed by atoms with E-state index in [-0.39, 0.29) is 18.3 Å². The number of rotatable bonds is 0. The molecule has 2 rings (SSSR count). The zero-order valence-corrected chi connectivity index (χ0v) is 6.91. The fourth-order valence-electron chi connectivity index (χ4n) is 1.94. The predicted octanol–water partition coefficient (Wildman–Crippen LogP) is 0.661. The molecule has 3 nitrogen and oxygen atoms in total. The molecule has 64 valence electrons. The fourth-order valence-corrected chi connectivity index (χ4v) is 1.94. The van der Waals surface area contributed by atoms with Crippen LogP contribution < -0.4 is 0 Å². The lowest BCUT2D eigenvalue weighted by Gasteiger charge is -2.18. The summed E-state index contributed by atoms with van der Waals surface area (Å²) in [7, 11) is 0. The largest absolute Gasteiger partial charge is 0.393 e. The molecule has 0 aromatic heterocycles. The first-order valence-corrected chi connectivity index (χ1v) is 4.10. The van der Waals surface area contributed by atoms with Crippen LogP contribution in [0.3, 0.4) is 0 Å². The van der Waals surface area contributed by atoms with E-state index in [1.807, 2.05) is 13.8 Å². The van der Waals surface area contributed by atoms with Gasteiger partial charge in [-0.3, -0.25) is 0 Å². The smallest absolute Gasteiger partial charge is 0.163 e. The van der Waals surface area contributed by atoms with Gasteiger partial charge in [-0.25, -0.2) is 0 Å². The molecule has 2 fully saturated rings. The van der Waals surface area contributed by atoms with Gasteiger partial charge in [-0.15, -0.1) is 0 Å². The molecule has 1 saturated carbocycles. The van der Waals surface area contributed by atoms with Crippen molar-refractivity contribution in [3.63, 3.8) is 0 Å². The van der Waals surface area contributed by atoms with Crippen LogP contribution in [-0.2, 0) is 9.47 Å². The average Bonchev–Trinajstić information content (AvgIpc) is 2.17. The lowest BCUT2D eigenvalue weighted by atomic mass is 10.3. The molecule has 0 aromatic rings. The van der Waals surface area contributed by atoms with E-state index in [2.05, 4.69) is 0 Å². The van der Waals surface area contributed by atoms with Gasteiger partial charge in [0.2, 0.25) is 0 Å². The van der Waals surface area contributed by atoms with Crippen molar-refractivity contribution >= 4 is 0 Å². The van der Waals surface area contributed by atoms with E-state index >= 15 is 0 Å². The summed E-state index contributed by atoms with van der Waals surface area (Å²) >= 11 is 0. The van der Waals surface area contributed by atoms with Crippen molar-refractivity contribution < 1.29 is 14.6 Å². The van der Waals surface area contributed by atoms with Crippen molar-refractivity contribution in [3.05, 3.63) is 0 Å². The lowest BCUT2D eigenvalue weighted by molar-refractivity contribution is -0.156. The summed E-state index contributed by atoms with van der Waals surface area (Å²) < 4.78 is 11.1. The minimum atomic E-state index is -0.435. The maximum atomic E-state index is 9.25. The normalized spacial score (nSPS) is 47.7. The van der Waals surface area contributed by atoms with Gasteiger partial charge in [-0.2, -0.15) is 0 Å². The molecule has 11 heavy (non-hydrogen) atoms. The van der Waals surface area contributed by atoms with E-state index in [9.17, 15) is 5.11 Å². The van der Waals surface area contributed by atoms with Crippen LogP contribution in [0.15, 0.2) is 0 Å². The van der Waals surface area contributed by atoms with Gasteiger partial charge in [0.1, 0.15) is 0 Å². The first-order valence-electron chi connectivity index (χ1n) is 4.10. The Morgan fingerprint density at radius 1 is 1.18 bits per heavy atom. The Balaban J connectivity index is 2.04. The van der Waals surface area contributed by atoms with Crippen LogP contribution in [-0.4, -0.2) is 29.2 Å². The van der Waals surface area contributed by atoms with Gasteiger partial charge in [0, 0.05) is 12.8 Å². The second-order valence-corrected chi connectivity index (χ2v) is 3.84. The molecule has 0 radical (unpaired) electrons. The van der Waals surface area contributed by atoms with Crippen LogP contribution in [0, 0.1) is 0 Å². The van der Waals surface area contributed by atoms with Crippen molar-refractivity contribution in [3.8, 4) is 0 Å². The quantitative estimate of drug-likeness (QED) is 0.563. The van der Waals surface area contributed by atoms with Crippen molar-refractivity contribution in [2.45, 2.75) is 50.8 Å². The highest BCUT2D eigenvalue weighted by atomic mass is 16.8. The number of aliphatic hydroxyl groups excluding tert-OH is 1. The second kappa shape index (κ2) is 2.19. The summed E-state index contributed by atoms with van der Waals surface area (Å²) in [5.41, 5.74) is 0. The number of aliphatic hydroxyl groups is 1. The van der Waals surface area contributed by atoms with Crippen LogP contribution >= 0.6 is 0 Å². The molecular weight excluding hydrogens is 144 g/mol. The monoisotopic (exact) mass is 158 g/mol. The van der Waals surface area contributed by atoms with E-state index < -0.39 is 5.79 Å². The molecule has 3 heteroatoms. The molecule has 1 saturated heterocycles. The summed E-state index contributed by atoms with van der Waals surface area (Å²) in [6.45, 7) is 3.83. The molecular formula is C8H14O3. The zero-order valence-electron chi connectivity index (χ0n) is 6.91. The first kappa shape index (κ1) is 7.53. The number of hydrogen-bond acceptors (Lipinski definition) is 3. The maximum Gasteiger partial charge on any atom is 0.163 e. The van der Waals surface area contributed by atoms with E-state index in [0.29, 0.717) is 0 Å². The molecule has 1 N–H and O–H groups in total. The van der Waals surface area contributed by atoms with Crippen LogP contribution in [0.1, 0.15) is 26.7 Å². The van der Waals surface area contributed by atoms with Gasteiger partial charge in [0.15, 0.2) is 5.79 Å². The van der Waals surface area contributed by atoms with Crippen LogP contribution in [0.4, 0.5) is 0 Å². The highest BCUT2D eigenvalue weighted by Gasteiger charge is 2.46. The molecule has 1 aliphatic carbocycles. The third-order valence-corrected chi connectivity index (χ3v) is 2.29. The molecule has 1 aliphatic heterocycles. The van der Waals surface area contributed by atoms with E-state index in [4.69, 9.17) is 9.47 Å². The number of fused-ring (bicyclic) bond motifs is 1. The molecule has 3 atom stereocenters. The summed E-state index contributed by atoms with van der Waals surface area (Å²) in [6, 6.07) is 0. The van der Waals surface area contributed by atoms with Gasteiger partial charge < -0.3 is 14.6 Å². The van der Waals surface area contributed by atoms with Gasteiger partial charge in [0.05, 0.1) is 18.3 Å². The highest BCUT2D eigenvalue weighted by molar-refractivity contribution is 4.91. The number of hydrogen-bond donors (Lipinski definition) is 1. The Kier molecular flexibility index (Phi) is 1.50. The summed E-state index contributed by atoms with van der Waals surface area (Å²) in [4.78, 5) is 0. The van der Waals surface area contributed by atoms with E-state index in [1.165, 1.54) is 0 Å². The third-order valence-electron chi connectivity index (χ3n) is 2.29. The van der Waals surface area contributed by atoms with E-state index in [0.717, 1.165) is 12.8 Å². The second-order valence-electron chi connectivity index (χ2n) is 3.84. The Morgan fingerprint density at radius 3 is 2.09 bits per heavy atom. The number of ether oxygens (including phenoxy) is 2. The predicted molar refractivity (Wildman–Crippen MR) is 39.1 cm³/mol. The summed E-state index contributed by atoms with van der Waals surface area (Å²) in [5.74, 6) is -0.435. The van der Waals surface area contributed by atoms with Gasteiger partial charge in [0.25, 0.3) is 0 Å². The molecule has 0 aromatic carbocycles. The van der Waals surface area contributed by atoms with Gasteiger partial charge >= 0.3 is 0 Å². The SMILES string of the molecule is CC1(C)O[C@H]2CC(O)C[C@H]2O1. The minimum absolute atomic E-state index is 0.125. The topological polar surface area (TPSA) is 38.7 Å². The van der Waals surface area contributed by atoms with Gasteiger partial charge in [-0.1, -0.05) is 0 Å². The summed E-state index contributed by atoms with van der Waals surface area (Å²) in [5, 5.41) is 9.25. The van der Waals surface area contributed by atoms with Crippen molar-refractivity contribution in [1.82, 2.24) is 0 Å². The fraction of sp³-hybridized carbons (Fsp3) is 1.00. The molecule has 1 unspecified atom stereocenters. The molecule has 0 amide bonds. The maximum absolute atomic E-state index is 9.25. The van der Waals surface area contributed by atoms with Crippen molar-refractivity contribution in [2.24, 2.45) is 0 Å². The summed E-state index contributed by atoms with van der Waals surface area (Å²) in [6.07, 6.45) is 1.49. The third kappa shape index (κ3) is 1.28. The van der Waals surface area contributed by atoms with Crippen LogP contribution in [0.5, 0.6) is 0 Å². The average molecular weight is 158 g/mol. The molecule has 2 aliphatic rings. The Morgan fingerprint density at radius 2 is 1.64 bits per heavy atom. The molecule has 0 spiro atoms. The van der Waals surface area contributed by atoms with Crippen molar-refractivity contribution in [1.29, 1.82) is 0 Å². The molecule has 0 bridgehead atoms.